The van der Waals surface area contributed by atoms with Gasteiger partial charge in [-0.05, 0) is 74.9 Å². The van der Waals surface area contributed by atoms with Gasteiger partial charge >= 0.3 is 12.1 Å². The van der Waals surface area contributed by atoms with Crippen LogP contribution in [0.1, 0.15) is 55.0 Å². The number of nitrogens with zero attached hydrogens (tertiary/aromatic N) is 4. The molecule has 9 nitrogen and oxygen atoms in total. The number of nitriles is 1. The number of aromatic nitrogens is 1. The van der Waals surface area contributed by atoms with Crippen LogP contribution in [0.25, 0.3) is 11.3 Å². The van der Waals surface area contributed by atoms with Gasteiger partial charge in [-0.3, -0.25) is 4.79 Å². The van der Waals surface area contributed by atoms with E-state index in [1.165, 1.54) is 7.11 Å². The number of methoxy groups -OCH3 is 1. The standard InChI is InChI=1S/C32H36N4O5S/c1-20-7-6-8-25(27-19-42-30(34-27)35-11-10-23(16-35)29(37)39-5)28(20)40-18-21-13-22-9-12-36(31(38)41-32(2,3)4)17-26(22)24(14-21)15-33/h6-8,13-14,19,23H,9-12,16-18H2,1-5H3. The third-order valence-corrected chi connectivity index (χ3v) is 8.43. The van der Waals surface area contributed by atoms with Crippen LogP contribution in [0, 0.1) is 24.2 Å². The Labute approximate surface area is 250 Å². The van der Waals surface area contributed by atoms with E-state index < -0.39 is 5.60 Å². The van der Waals surface area contributed by atoms with E-state index in [4.69, 9.17) is 19.2 Å². The molecule has 3 heterocycles. The minimum atomic E-state index is -0.576. The van der Waals surface area contributed by atoms with Crippen molar-refractivity contribution in [2.24, 2.45) is 5.92 Å². The lowest BCUT2D eigenvalue weighted by molar-refractivity contribution is -0.144. The van der Waals surface area contributed by atoms with Crippen LogP contribution in [0.15, 0.2) is 35.7 Å². The molecule has 1 aromatic heterocycles. The van der Waals surface area contributed by atoms with Gasteiger partial charge in [0, 0.05) is 30.6 Å². The van der Waals surface area contributed by atoms with E-state index in [0.29, 0.717) is 38.2 Å². The van der Waals surface area contributed by atoms with Crippen molar-refractivity contribution in [2.75, 3.05) is 31.6 Å². The summed E-state index contributed by atoms with van der Waals surface area (Å²) in [4.78, 5) is 33.3. The smallest absolute Gasteiger partial charge is 0.410 e. The molecule has 2 aliphatic rings. The summed E-state index contributed by atoms with van der Waals surface area (Å²) >= 11 is 1.55. The fraction of sp³-hybridized carbons (Fsp3) is 0.438. The van der Waals surface area contributed by atoms with E-state index in [1.807, 2.05) is 57.3 Å². The first-order chi connectivity index (χ1) is 20.1. The van der Waals surface area contributed by atoms with Crippen molar-refractivity contribution in [3.05, 3.63) is 63.5 Å². The molecule has 0 aliphatic carbocycles. The van der Waals surface area contributed by atoms with Gasteiger partial charge in [0.25, 0.3) is 0 Å². The van der Waals surface area contributed by atoms with Crippen molar-refractivity contribution >= 4 is 28.5 Å². The lowest BCUT2D eigenvalue weighted by Gasteiger charge is -2.32. The number of rotatable bonds is 6. The molecule has 2 aliphatic heterocycles. The van der Waals surface area contributed by atoms with E-state index in [-0.39, 0.29) is 18.0 Å². The second-order valence-electron chi connectivity index (χ2n) is 11.8. The van der Waals surface area contributed by atoms with Crippen molar-refractivity contribution < 1.29 is 23.8 Å². The van der Waals surface area contributed by atoms with Crippen molar-refractivity contribution in [3.63, 3.8) is 0 Å². The predicted molar refractivity (Wildman–Crippen MR) is 160 cm³/mol. The highest BCUT2D eigenvalue weighted by Crippen LogP contribution is 2.37. The molecule has 0 spiro atoms. The van der Waals surface area contributed by atoms with E-state index in [0.717, 1.165) is 57.4 Å². The zero-order valence-electron chi connectivity index (χ0n) is 24.7. The first-order valence-electron chi connectivity index (χ1n) is 14.1. The number of benzene rings is 2. The van der Waals surface area contributed by atoms with Gasteiger partial charge in [0.2, 0.25) is 0 Å². The number of para-hydroxylation sites is 1. The van der Waals surface area contributed by atoms with Crippen molar-refractivity contribution in [1.82, 2.24) is 9.88 Å². The minimum absolute atomic E-state index is 0.129. The minimum Gasteiger partial charge on any atom is -0.488 e. The summed E-state index contributed by atoms with van der Waals surface area (Å²) < 4.78 is 16.9. The number of anilines is 1. The summed E-state index contributed by atoms with van der Waals surface area (Å²) in [7, 11) is 1.43. The SMILES string of the molecule is COC(=O)C1CCN(c2nc(-c3cccc(C)c3OCc3cc(C#N)c4c(c3)CCN(C(=O)OC(C)(C)C)C4)cs2)C1. The van der Waals surface area contributed by atoms with E-state index in [1.54, 1.807) is 16.2 Å². The molecule has 1 saturated heterocycles. The van der Waals surface area contributed by atoms with Crippen LogP contribution in [-0.4, -0.2) is 54.3 Å². The Bertz CT molecular complexity index is 1540. The molecule has 0 saturated carbocycles. The molecule has 0 bridgehead atoms. The van der Waals surface area contributed by atoms with Crippen LogP contribution in [0.2, 0.25) is 0 Å². The fourth-order valence-corrected chi connectivity index (χ4v) is 6.29. The zero-order valence-corrected chi connectivity index (χ0v) is 25.5. The normalized spacial score (nSPS) is 16.5. The Morgan fingerprint density at radius 1 is 1.21 bits per heavy atom. The van der Waals surface area contributed by atoms with Crippen LogP contribution >= 0.6 is 11.3 Å². The number of aryl methyl sites for hydroxylation is 1. The molecule has 1 amide bonds. The molecule has 1 fully saturated rings. The maximum absolute atomic E-state index is 12.6. The molecule has 220 valence electrons. The maximum Gasteiger partial charge on any atom is 0.410 e. The summed E-state index contributed by atoms with van der Waals surface area (Å²) in [5.74, 6) is 0.441. The van der Waals surface area contributed by atoms with Gasteiger partial charge in [-0.2, -0.15) is 5.26 Å². The van der Waals surface area contributed by atoms with Gasteiger partial charge in [-0.25, -0.2) is 9.78 Å². The van der Waals surface area contributed by atoms with Gasteiger partial charge in [0.15, 0.2) is 5.13 Å². The highest BCUT2D eigenvalue weighted by Gasteiger charge is 2.31. The molecule has 5 rings (SSSR count). The van der Waals surface area contributed by atoms with Crippen molar-refractivity contribution in [2.45, 2.75) is 59.3 Å². The number of ether oxygens (including phenoxy) is 3. The number of carbonyl (C=O) groups is 2. The average molecular weight is 589 g/mol. The van der Waals surface area contributed by atoms with Crippen LogP contribution in [0.4, 0.5) is 9.93 Å². The second kappa shape index (κ2) is 12.0. The third-order valence-electron chi connectivity index (χ3n) is 7.53. The van der Waals surface area contributed by atoms with Crippen molar-refractivity contribution in [3.8, 4) is 23.1 Å². The number of fused-ring (bicyclic) bond motifs is 1. The molecule has 2 aromatic carbocycles. The van der Waals surface area contributed by atoms with Crippen LogP contribution in [-0.2, 0) is 33.8 Å². The number of thiazole rings is 1. The summed E-state index contributed by atoms with van der Waals surface area (Å²) in [6, 6.07) is 12.2. The Hall–Kier alpha value is -4.10. The first kappa shape index (κ1) is 29.4. The van der Waals surface area contributed by atoms with Gasteiger partial charge < -0.3 is 24.0 Å². The summed E-state index contributed by atoms with van der Waals surface area (Å²) in [5.41, 5.74) is 5.49. The molecular formula is C32H36N4O5S. The average Bonchev–Trinajstić information content (AvgIpc) is 3.65. The molecule has 1 unspecified atom stereocenters. The molecule has 10 heteroatoms. The Kier molecular flexibility index (Phi) is 8.41. The highest BCUT2D eigenvalue weighted by molar-refractivity contribution is 7.14. The first-order valence-corrected chi connectivity index (χ1v) is 15.0. The summed E-state index contributed by atoms with van der Waals surface area (Å²) in [5, 5.41) is 12.8. The molecule has 3 aromatic rings. The molecule has 0 N–H and O–H groups in total. The fourth-order valence-electron chi connectivity index (χ4n) is 5.43. The van der Waals surface area contributed by atoms with Gasteiger partial charge in [-0.15, -0.1) is 11.3 Å². The predicted octanol–water partition coefficient (Wildman–Crippen LogP) is 5.86. The van der Waals surface area contributed by atoms with E-state index in [9.17, 15) is 14.9 Å². The van der Waals surface area contributed by atoms with Crippen molar-refractivity contribution in [1.29, 1.82) is 5.26 Å². The second-order valence-corrected chi connectivity index (χ2v) is 12.6. The van der Waals surface area contributed by atoms with Crippen LogP contribution < -0.4 is 9.64 Å². The number of carbonyl (C=O) groups excluding carboxylic acids is 2. The third kappa shape index (κ3) is 6.36. The molecule has 0 radical (unpaired) electrons. The molecule has 1 atom stereocenters. The summed E-state index contributed by atoms with van der Waals surface area (Å²) in [6.45, 7) is 10.1. The quantitative estimate of drug-likeness (QED) is 0.330. The summed E-state index contributed by atoms with van der Waals surface area (Å²) in [6.07, 6.45) is 1.03. The number of amides is 1. The van der Waals surface area contributed by atoms with E-state index >= 15 is 0 Å². The number of esters is 1. The van der Waals surface area contributed by atoms with Gasteiger partial charge in [-0.1, -0.05) is 18.2 Å². The number of hydrogen-bond acceptors (Lipinski definition) is 9. The number of hydrogen-bond donors (Lipinski definition) is 0. The highest BCUT2D eigenvalue weighted by atomic mass is 32.1. The van der Waals surface area contributed by atoms with Crippen LogP contribution in [0.3, 0.4) is 0 Å². The Morgan fingerprint density at radius 2 is 2.02 bits per heavy atom. The molecule has 42 heavy (non-hydrogen) atoms. The Balaban J connectivity index is 1.32. The van der Waals surface area contributed by atoms with Gasteiger partial charge in [0.1, 0.15) is 18.0 Å². The monoisotopic (exact) mass is 588 g/mol. The van der Waals surface area contributed by atoms with Gasteiger partial charge in [0.05, 0.1) is 36.9 Å². The largest absolute Gasteiger partial charge is 0.488 e. The zero-order chi connectivity index (χ0) is 30.0. The lowest BCUT2D eigenvalue weighted by atomic mass is 9.93. The van der Waals surface area contributed by atoms with Crippen LogP contribution in [0.5, 0.6) is 5.75 Å². The molecular weight excluding hydrogens is 552 g/mol. The maximum atomic E-state index is 12.6. The van der Waals surface area contributed by atoms with E-state index in [2.05, 4.69) is 17.0 Å². The topological polar surface area (TPSA) is 105 Å². The Morgan fingerprint density at radius 3 is 2.76 bits per heavy atom. The lowest BCUT2D eigenvalue weighted by Crippen LogP contribution is -2.40.